The Hall–Kier alpha value is -3.10. The average Bonchev–Trinajstić information content (AvgIpc) is 3.23. The third-order valence-electron chi connectivity index (χ3n) is 3.24. The molecule has 3 rings (SSSR count). The van der Waals surface area contributed by atoms with E-state index in [1.54, 1.807) is 6.92 Å². The highest BCUT2D eigenvalue weighted by atomic mass is 16.4. The van der Waals surface area contributed by atoms with Crippen LogP contribution >= 0.6 is 0 Å². The standard InChI is InChI=1S/C14H15N7O2/c1-10-17-18-13(23-10)8-15-14(22)12(21-9-16-19-20-21)7-11-5-3-2-4-6-11/h2-6,9,12H,7-8H2,1H3,(H,15,22)/t12-/m0/s1. The molecule has 1 aromatic carbocycles. The van der Waals surface area contributed by atoms with Crippen molar-refractivity contribution in [2.45, 2.75) is 25.9 Å². The molecule has 118 valence electrons. The molecule has 1 amide bonds. The maximum atomic E-state index is 12.5. The summed E-state index contributed by atoms with van der Waals surface area (Å²) >= 11 is 0. The third-order valence-corrected chi connectivity index (χ3v) is 3.24. The lowest BCUT2D eigenvalue weighted by molar-refractivity contribution is -0.124. The molecular weight excluding hydrogens is 298 g/mol. The first kappa shape index (κ1) is 14.8. The van der Waals surface area contributed by atoms with E-state index in [9.17, 15) is 4.79 Å². The number of carbonyl (C=O) groups excluding carboxylic acids is 1. The van der Waals surface area contributed by atoms with Crippen molar-refractivity contribution in [2.75, 3.05) is 0 Å². The number of nitrogens with one attached hydrogen (secondary N) is 1. The van der Waals surface area contributed by atoms with Crippen LogP contribution in [0.15, 0.2) is 41.1 Å². The molecule has 9 heteroatoms. The van der Waals surface area contributed by atoms with Crippen LogP contribution in [0.5, 0.6) is 0 Å². The van der Waals surface area contributed by atoms with Crippen molar-refractivity contribution in [1.82, 2.24) is 35.7 Å². The van der Waals surface area contributed by atoms with Crippen LogP contribution in [0.3, 0.4) is 0 Å². The van der Waals surface area contributed by atoms with Gasteiger partial charge in [0.1, 0.15) is 12.4 Å². The van der Waals surface area contributed by atoms with Gasteiger partial charge in [-0.3, -0.25) is 4.79 Å². The summed E-state index contributed by atoms with van der Waals surface area (Å²) in [6.45, 7) is 1.85. The van der Waals surface area contributed by atoms with E-state index in [1.807, 2.05) is 30.3 Å². The number of benzene rings is 1. The van der Waals surface area contributed by atoms with Crippen LogP contribution in [0, 0.1) is 6.92 Å². The summed E-state index contributed by atoms with van der Waals surface area (Å²) in [6.07, 6.45) is 1.89. The quantitative estimate of drug-likeness (QED) is 0.703. The lowest BCUT2D eigenvalue weighted by atomic mass is 10.1. The van der Waals surface area contributed by atoms with Crippen molar-refractivity contribution < 1.29 is 9.21 Å². The Morgan fingerprint density at radius 1 is 1.30 bits per heavy atom. The van der Waals surface area contributed by atoms with Crippen molar-refractivity contribution in [3.8, 4) is 0 Å². The first-order chi connectivity index (χ1) is 11.2. The molecule has 0 radical (unpaired) electrons. The van der Waals surface area contributed by atoms with Gasteiger partial charge in [-0.1, -0.05) is 30.3 Å². The Kier molecular flexibility index (Phi) is 4.37. The number of aryl methyl sites for hydroxylation is 1. The molecule has 0 saturated heterocycles. The van der Waals surface area contributed by atoms with Crippen LogP contribution in [-0.2, 0) is 17.8 Å². The first-order valence-electron chi connectivity index (χ1n) is 7.05. The number of rotatable bonds is 6. The van der Waals surface area contributed by atoms with E-state index in [-0.39, 0.29) is 12.5 Å². The molecule has 0 aliphatic heterocycles. The van der Waals surface area contributed by atoms with Gasteiger partial charge in [0, 0.05) is 13.3 Å². The Bertz CT molecular complexity index is 755. The van der Waals surface area contributed by atoms with Gasteiger partial charge < -0.3 is 9.73 Å². The molecular formula is C14H15N7O2. The van der Waals surface area contributed by atoms with Gasteiger partial charge in [-0.2, -0.15) is 0 Å². The van der Waals surface area contributed by atoms with Gasteiger partial charge in [-0.25, -0.2) is 4.68 Å². The highest BCUT2D eigenvalue weighted by Gasteiger charge is 2.22. The average molecular weight is 313 g/mol. The Balaban J connectivity index is 1.71. The molecule has 2 heterocycles. The second-order valence-corrected chi connectivity index (χ2v) is 4.93. The van der Waals surface area contributed by atoms with Gasteiger partial charge in [-0.05, 0) is 16.0 Å². The summed E-state index contributed by atoms with van der Waals surface area (Å²) in [7, 11) is 0. The van der Waals surface area contributed by atoms with Crippen molar-refractivity contribution in [3.63, 3.8) is 0 Å². The molecule has 0 unspecified atom stereocenters. The number of carbonyl (C=O) groups is 1. The number of tetrazole rings is 1. The predicted octanol–water partition coefficient (Wildman–Crippen LogP) is 0.465. The van der Waals surface area contributed by atoms with Gasteiger partial charge >= 0.3 is 0 Å². The lowest BCUT2D eigenvalue weighted by Gasteiger charge is -2.15. The van der Waals surface area contributed by atoms with Crippen LogP contribution in [0.2, 0.25) is 0 Å². The van der Waals surface area contributed by atoms with E-state index >= 15 is 0 Å². The summed E-state index contributed by atoms with van der Waals surface area (Å²) in [5.41, 5.74) is 1.01. The topological polar surface area (TPSA) is 112 Å². The number of aromatic nitrogens is 6. The van der Waals surface area contributed by atoms with Crippen molar-refractivity contribution >= 4 is 5.91 Å². The Morgan fingerprint density at radius 2 is 2.13 bits per heavy atom. The maximum Gasteiger partial charge on any atom is 0.245 e. The minimum Gasteiger partial charge on any atom is -0.424 e. The number of hydrogen-bond donors (Lipinski definition) is 1. The molecule has 0 saturated carbocycles. The van der Waals surface area contributed by atoms with Gasteiger partial charge in [0.2, 0.25) is 17.7 Å². The molecule has 0 spiro atoms. The minimum absolute atomic E-state index is 0.160. The van der Waals surface area contributed by atoms with E-state index in [4.69, 9.17) is 4.42 Å². The molecule has 2 aromatic heterocycles. The summed E-state index contributed by atoms with van der Waals surface area (Å²) in [5, 5.41) is 21.4. The van der Waals surface area contributed by atoms with Crippen LogP contribution in [0.25, 0.3) is 0 Å². The SMILES string of the molecule is Cc1nnc(CNC(=O)[C@H](Cc2ccccc2)n2cnnn2)o1. The summed E-state index contributed by atoms with van der Waals surface area (Å²) in [4.78, 5) is 12.5. The van der Waals surface area contributed by atoms with E-state index in [0.717, 1.165) is 5.56 Å². The van der Waals surface area contributed by atoms with Crippen molar-refractivity contribution in [1.29, 1.82) is 0 Å². The van der Waals surface area contributed by atoms with E-state index < -0.39 is 6.04 Å². The van der Waals surface area contributed by atoms with Crippen LogP contribution in [0.1, 0.15) is 23.4 Å². The predicted molar refractivity (Wildman–Crippen MR) is 77.9 cm³/mol. The largest absolute Gasteiger partial charge is 0.424 e. The van der Waals surface area contributed by atoms with Gasteiger partial charge in [-0.15, -0.1) is 15.3 Å². The zero-order valence-corrected chi connectivity index (χ0v) is 12.5. The molecule has 0 aliphatic carbocycles. The molecule has 0 aliphatic rings. The second kappa shape index (κ2) is 6.77. The normalized spacial score (nSPS) is 12.0. The van der Waals surface area contributed by atoms with Crippen LogP contribution in [0.4, 0.5) is 0 Å². The molecule has 3 aromatic rings. The maximum absolute atomic E-state index is 12.5. The minimum atomic E-state index is -0.559. The van der Waals surface area contributed by atoms with E-state index in [2.05, 4.69) is 31.0 Å². The van der Waals surface area contributed by atoms with Crippen LogP contribution in [-0.4, -0.2) is 36.3 Å². The first-order valence-corrected chi connectivity index (χ1v) is 7.05. The molecule has 0 bridgehead atoms. The summed E-state index contributed by atoms with van der Waals surface area (Å²) in [5.74, 6) is 0.582. The lowest BCUT2D eigenvalue weighted by Crippen LogP contribution is -2.34. The van der Waals surface area contributed by atoms with Gasteiger partial charge in [0.15, 0.2) is 0 Å². The van der Waals surface area contributed by atoms with Crippen molar-refractivity contribution in [3.05, 3.63) is 54.0 Å². The molecule has 9 nitrogen and oxygen atoms in total. The Morgan fingerprint density at radius 3 is 2.78 bits per heavy atom. The third kappa shape index (κ3) is 3.76. The zero-order valence-electron chi connectivity index (χ0n) is 12.5. The molecule has 1 atom stereocenters. The zero-order chi connectivity index (χ0) is 16.1. The van der Waals surface area contributed by atoms with Crippen molar-refractivity contribution in [2.24, 2.45) is 0 Å². The van der Waals surface area contributed by atoms with E-state index in [0.29, 0.717) is 18.2 Å². The Labute approximate surface area is 131 Å². The molecule has 23 heavy (non-hydrogen) atoms. The summed E-state index contributed by atoms with van der Waals surface area (Å²) in [6, 6.07) is 9.11. The molecule has 0 fully saturated rings. The summed E-state index contributed by atoms with van der Waals surface area (Å²) < 4.78 is 6.67. The van der Waals surface area contributed by atoms with Gasteiger partial charge in [0.05, 0.1) is 6.54 Å². The number of hydrogen-bond acceptors (Lipinski definition) is 7. The number of nitrogens with zero attached hydrogens (tertiary/aromatic N) is 6. The monoisotopic (exact) mass is 313 g/mol. The van der Waals surface area contributed by atoms with E-state index in [1.165, 1.54) is 11.0 Å². The fourth-order valence-corrected chi connectivity index (χ4v) is 2.14. The molecule has 1 N–H and O–H groups in total. The number of amides is 1. The second-order valence-electron chi connectivity index (χ2n) is 4.93. The van der Waals surface area contributed by atoms with Crippen LogP contribution < -0.4 is 5.32 Å². The van der Waals surface area contributed by atoms with Gasteiger partial charge in [0.25, 0.3) is 0 Å². The smallest absolute Gasteiger partial charge is 0.245 e. The highest BCUT2D eigenvalue weighted by molar-refractivity contribution is 5.80. The fourth-order valence-electron chi connectivity index (χ4n) is 2.14. The highest BCUT2D eigenvalue weighted by Crippen LogP contribution is 2.13. The fraction of sp³-hybridized carbons (Fsp3) is 0.286.